The molecule has 18 heavy (non-hydrogen) atoms. The molecule has 1 atom stereocenters. The zero-order valence-electron chi connectivity index (χ0n) is 10.4. The average molecular weight is 251 g/mol. The van der Waals surface area contributed by atoms with Crippen LogP contribution in [0.1, 0.15) is 18.4 Å². The van der Waals surface area contributed by atoms with E-state index in [1.165, 1.54) is 6.07 Å². The summed E-state index contributed by atoms with van der Waals surface area (Å²) in [4.78, 5) is 13.6. The maximum Gasteiger partial charge on any atom is 0.242 e. The summed E-state index contributed by atoms with van der Waals surface area (Å²) < 4.78 is 14.0. The Hall–Kier alpha value is -1.62. The minimum Gasteiger partial charge on any atom is -0.357 e. The van der Waals surface area contributed by atoms with E-state index in [4.69, 9.17) is 5.73 Å². The fourth-order valence-corrected chi connectivity index (χ4v) is 2.40. The fourth-order valence-electron chi connectivity index (χ4n) is 2.40. The largest absolute Gasteiger partial charge is 0.357 e. The van der Waals surface area contributed by atoms with Crippen molar-refractivity contribution in [2.24, 2.45) is 5.73 Å². The lowest BCUT2D eigenvalue weighted by molar-refractivity contribution is -0.121. The molecule has 98 valence electrons. The van der Waals surface area contributed by atoms with Crippen LogP contribution in [0.2, 0.25) is 0 Å². The molecular formula is C13H18FN3O. The third-order valence-corrected chi connectivity index (χ3v) is 3.36. The predicted molar refractivity (Wildman–Crippen MR) is 68.7 cm³/mol. The van der Waals surface area contributed by atoms with E-state index in [-0.39, 0.29) is 17.8 Å². The summed E-state index contributed by atoms with van der Waals surface area (Å²) in [5.41, 5.74) is 6.72. The number of nitrogens with one attached hydrogen (secondary N) is 1. The highest BCUT2D eigenvalue weighted by Crippen LogP contribution is 2.28. The van der Waals surface area contributed by atoms with Gasteiger partial charge in [0.1, 0.15) is 11.9 Å². The number of nitrogens with zero attached hydrogens (tertiary/aromatic N) is 1. The average Bonchev–Trinajstić information content (AvgIpc) is 2.86. The van der Waals surface area contributed by atoms with Crippen LogP contribution < -0.4 is 16.0 Å². The van der Waals surface area contributed by atoms with Crippen molar-refractivity contribution in [2.45, 2.75) is 25.4 Å². The van der Waals surface area contributed by atoms with Crippen LogP contribution >= 0.6 is 0 Å². The van der Waals surface area contributed by atoms with Crippen molar-refractivity contribution < 1.29 is 9.18 Å². The maximum atomic E-state index is 14.0. The lowest BCUT2D eigenvalue weighted by Crippen LogP contribution is -2.42. The van der Waals surface area contributed by atoms with Crippen molar-refractivity contribution >= 4 is 11.6 Å². The normalized spacial score (nSPS) is 19.1. The zero-order valence-corrected chi connectivity index (χ0v) is 10.4. The summed E-state index contributed by atoms with van der Waals surface area (Å²) in [6, 6.07) is 4.68. The Labute approximate surface area is 106 Å². The van der Waals surface area contributed by atoms with Crippen LogP contribution in [-0.4, -0.2) is 25.5 Å². The van der Waals surface area contributed by atoms with Crippen molar-refractivity contribution in [2.75, 3.05) is 18.5 Å². The molecule has 0 radical (unpaired) electrons. The molecule has 1 aromatic carbocycles. The molecule has 1 fully saturated rings. The van der Waals surface area contributed by atoms with Gasteiger partial charge in [0.25, 0.3) is 0 Å². The lowest BCUT2D eigenvalue weighted by Gasteiger charge is -2.26. The Morgan fingerprint density at radius 1 is 1.61 bits per heavy atom. The third kappa shape index (κ3) is 2.31. The van der Waals surface area contributed by atoms with Gasteiger partial charge in [0.15, 0.2) is 0 Å². The molecule has 1 unspecified atom stereocenters. The monoisotopic (exact) mass is 251 g/mol. The van der Waals surface area contributed by atoms with Gasteiger partial charge in [-0.2, -0.15) is 0 Å². The van der Waals surface area contributed by atoms with Crippen LogP contribution in [0.25, 0.3) is 0 Å². The van der Waals surface area contributed by atoms with E-state index < -0.39 is 0 Å². The lowest BCUT2D eigenvalue weighted by atomic mass is 10.1. The number of hydrogen-bond acceptors (Lipinski definition) is 3. The number of likely N-dealkylation sites (N-methyl/N-ethyl adjacent to an activating group) is 1. The van der Waals surface area contributed by atoms with Gasteiger partial charge in [0.05, 0.1) is 5.69 Å². The van der Waals surface area contributed by atoms with Gasteiger partial charge >= 0.3 is 0 Å². The molecule has 1 aromatic rings. The standard InChI is InChI=1S/C13H18FN3O/c1-16-13(18)12-3-2-6-17(12)11-5-4-9(8-15)7-10(11)14/h4-5,7,12H,2-3,6,8,15H2,1H3,(H,16,18). The highest BCUT2D eigenvalue weighted by Gasteiger charge is 2.31. The number of hydrogen-bond donors (Lipinski definition) is 2. The molecule has 1 heterocycles. The number of rotatable bonds is 3. The summed E-state index contributed by atoms with van der Waals surface area (Å²) in [6.07, 6.45) is 1.66. The first-order chi connectivity index (χ1) is 8.67. The summed E-state index contributed by atoms with van der Waals surface area (Å²) in [5, 5.41) is 2.63. The first-order valence-corrected chi connectivity index (χ1v) is 6.14. The summed E-state index contributed by atoms with van der Waals surface area (Å²) in [5.74, 6) is -0.372. The van der Waals surface area contributed by atoms with E-state index in [0.29, 0.717) is 18.8 Å². The zero-order chi connectivity index (χ0) is 13.1. The highest BCUT2D eigenvalue weighted by molar-refractivity contribution is 5.85. The number of anilines is 1. The van der Waals surface area contributed by atoms with Gasteiger partial charge in [-0.15, -0.1) is 0 Å². The second-order valence-corrected chi connectivity index (χ2v) is 4.46. The summed E-state index contributed by atoms with van der Waals surface area (Å²) in [6.45, 7) is 1.02. The molecule has 1 amide bonds. The Bertz CT molecular complexity index is 450. The van der Waals surface area contributed by atoms with Crippen LogP contribution in [0.15, 0.2) is 18.2 Å². The Balaban J connectivity index is 2.27. The van der Waals surface area contributed by atoms with Crippen molar-refractivity contribution in [1.29, 1.82) is 0 Å². The van der Waals surface area contributed by atoms with Gasteiger partial charge in [0.2, 0.25) is 5.91 Å². The number of amides is 1. The van der Waals surface area contributed by atoms with Gasteiger partial charge in [-0.05, 0) is 30.5 Å². The molecule has 2 rings (SSSR count). The quantitative estimate of drug-likeness (QED) is 0.842. The van der Waals surface area contributed by atoms with Crippen LogP contribution in [0.5, 0.6) is 0 Å². The molecule has 5 heteroatoms. The van der Waals surface area contributed by atoms with Gasteiger partial charge in [0, 0.05) is 20.1 Å². The second-order valence-electron chi connectivity index (χ2n) is 4.46. The SMILES string of the molecule is CNC(=O)C1CCCN1c1ccc(CN)cc1F. The van der Waals surface area contributed by atoms with E-state index in [0.717, 1.165) is 18.4 Å². The summed E-state index contributed by atoms with van der Waals surface area (Å²) in [7, 11) is 1.60. The second kappa shape index (κ2) is 5.35. The fraction of sp³-hybridized carbons (Fsp3) is 0.462. The summed E-state index contributed by atoms with van der Waals surface area (Å²) >= 11 is 0. The van der Waals surface area contributed by atoms with E-state index in [1.807, 2.05) is 4.90 Å². The molecule has 0 aromatic heterocycles. The molecular weight excluding hydrogens is 233 g/mol. The first-order valence-electron chi connectivity index (χ1n) is 6.14. The Morgan fingerprint density at radius 3 is 3.00 bits per heavy atom. The van der Waals surface area contributed by atoms with E-state index >= 15 is 0 Å². The number of benzene rings is 1. The smallest absolute Gasteiger partial charge is 0.242 e. The Morgan fingerprint density at radius 2 is 2.39 bits per heavy atom. The van der Waals surface area contributed by atoms with Crippen molar-refractivity contribution in [1.82, 2.24) is 5.32 Å². The minimum absolute atomic E-state index is 0.0604. The van der Waals surface area contributed by atoms with Gasteiger partial charge in [-0.25, -0.2) is 4.39 Å². The van der Waals surface area contributed by atoms with Crippen molar-refractivity contribution in [3.8, 4) is 0 Å². The third-order valence-electron chi connectivity index (χ3n) is 3.36. The Kier molecular flexibility index (Phi) is 3.81. The van der Waals surface area contributed by atoms with Gasteiger partial charge in [-0.1, -0.05) is 6.07 Å². The minimum atomic E-state index is -0.311. The van der Waals surface area contributed by atoms with Crippen LogP contribution in [0, 0.1) is 5.82 Å². The molecule has 1 saturated heterocycles. The van der Waals surface area contributed by atoms with Crippen molar-refractivity contribution in [3.63, 3.8) is 0 Å². The number of carbonyl (C=O) groups is 1. The number of nitrogens with two attached hydrogens (primary N) is 1. The van der Waals surface area contributed by atoms with Gasteiger partial charge in [-0.3, -0.25) is 4.79 Å². The molecule has 4 nitrogen and oxygen atoms in total. The number of halogens is 1. The van der Waals surface area contributed by atoms with Crippen LogP contribution in [0.3, 0.4) is 0 Å². The molecule has 0 bridgehead atoms. The van der Waals surface area contributed by atoms with Gasteiger partial charge < -0.3 is 16.0 Å². The molecule has 0 aliphatic carbocycles. The molecule has 1 aliphatic heterocycles. The molecule has 0 saturated carbocycles. The van der Waals surface area contributed by atoms with E-state index in [2.05, 4.69) is 5.32 Å². The molecule has 3 N–H and O–H groups in total. The number of carbonyl (C=O) groups excluding carboxylic acids is 1. The van der Waals surface area contributed by atoms with Crippen LogP contribution in [0.4, 0.5) is 10.1 Å². The van der Waals surface area contributed by atoms with Crippen LogP contribution in [-0.2, 0) is 11.3 Å². The first kappa shape index (κ1) is 12.8. The highest BCUT2D eigenvalue weighted by atomic mass is 19.1. The maximum absolute atomic E-state index is 14.0. The molecule has 0 spiro atoms. The van der Waals surface area contributed by atoms with E-state index in [1.54, 1.807) is 19.2 Å². The predicted octanol–water partition coefficient (Wildman–Crippen LogP) is 0.999. The topological polar surface area (TPSA) is 58.4 Å². The van der Waals surface area contributed by atoms with Crippen molar-refractivity contribution in [3.05, 3.63) is 29.6 Å². The molecule has 1 aliphatic rings. The van der Waals surface area contributed by atoms with E-state index in [9.17, 15) is 9.18 Å².